The molecule has 27 heavy (non-hydrogen) atoms. The highest BCUT2D eigenvalue weighted by Crippen LogP contribution is 2.20. The molecule has 3 rings (SSSR count). The maximum Gasteiger partial charge on any atom is 0.274 e. The predicted molar refractivity (Wildman–Crippen MR) is 104 cm³/mol. The summed E-state index contributed by atoms with van der Waals surface area (Å²) in [5.41, 5.74) is 0.921. The molecule has 1 fully saturated rings. The molecule has 0 bridgehead atoms. The number of aromatic nitrogens is 2. The van der Waals surface area contributed by atoms with Gasteiger partial charge in [-0.15, -0.1) is 10.2 Å². The monoisotopic (exact) mass is 371 g/mol. The topological polar surface area (TPSA) is 61.4 Å². The van der Waals surface area contributed by atoms with Crippen molar-refractivity contribution in [1.82, 2.24) is 15.1 Å². The number of carbonyl (C=O) groups excluding carboxylic acids is 1. The van der Waals surface area contributed by atoms with Crippen LogP contribution in [-0.4, -0.2) is 53.7 Å². The Balaban J connectivity index is 1.54. The Morgan fingerprint density at radius 2 is 1.85 bits per heavy atom. The quantitative estimate of drug-likeness (QED) is 0.846. The highest BCUT2D eigenvalue weighted by molar-refractivity contribution is 5.92. The van der Waals surface area contributed by atoms with Gasteiger partial charge in [0.25, 0.3) is 5.91 Å². The molecule has 2 aromatic rings. The Kier molecular flexibility index (Phi) is 6.21. The van der Waals surface area contributed by atoms with Crippen molar-refractivity contribution < 1.29 is 9.18 Å². The molecule has 1 amide bonds. The van der Waals surface area contributed by atoms with E-state index in [2.05, 4.69) is 29.4 Å². The second kappa shape index (κ2) is 8.79. The third-order valence-corrected chi connectivity index (χ3v) is 4.67. The summed E-state index contributed by atoms with van der Waals surface area (Å²) >= 11 is 0. The van der Waals surface area contributed by atoms with Gasteiger partial charge in [-0.05, 0) is 36.6 Å². The maximum absolute atomic E-state index is 13.9. The third kappa shape index (κ3) is 4.93. The van der Waals surface area contributed by atoms with Crippen molar-refractivity contribution in [2.24, 2.45) is 5.92 Å². The lowest BCUT2D eigenvalue weighted by Crippen LogP contribution is -2.49. The molecule has 6 nitrogen and oxygen atoms in total. The van der Waals surface area contributed by atoms with Gasteiger partial charge in [0.1, 0.15) is 11.6 Å². The van der Waals surface area contributed by atoms with Gasteiger partial charge in [0.15, 0.2) is 5.69 Å². The number of hydrogen-bond acceptors (Lipinski definition) is 5. The van der Waals surface area contributed by atoms with E-state index in [0.29, 0.717) is 49.3 Å². The standard InChI is InChI=1S/C20H26FN5O/c1-15(2)9-10-22-19-8-7-17(23-24-19)20(27)26-13-11-25(12-14-26)18-6-4-3-5-16(18)21/h3-8,15H,9-14H2,1-2H3,(H,22,24). The van der Waals surface area contributed by atoms with Gasteiger partial charge in [-0.3, -0.25) is 4.79 Å². The maximum atomic E-state index is 13.9. The molecular weight excluding hydrogens is 345 g/mol. The van der Waals surface area contributed by atoms with Crippen LogP contribution in [0.2, 0.25) is 0 Å². The van der Waals surface area contributed by atoms with E-state index < -0.39 is 0 Å². The fraction of sp³-hybridized carbons (Fsp3) is 0.450. The van der Waals surface area contributed by atoms with E-state index in [1.54, 1.807) is 29.2 Å². The zero-order valence-corrected chi connectivity index (χ0v) is 15.9. The summed E-state index contributed by atoms with van der Waals surface area (Å²) in [4.78, 5) is 16.3. The molecule has 0 atom stereocenters. The highest BCUT2D eigenvalue weighted by Gasteiger charge is 2.24. The second-order valence-corrected chi connectivity index (χ2v) is 7.14. The largest absolute Gasteiger partial charge is 0.369 e. The van der Waals surface area contributed by atoms with Gasteiger partial charge in [-0.2, -0.15) is 0 Å². The van der Waals surface area contributed by atoms with Crippen LogP contribution in [0.3, 0.4) is 0 Å². The van der Waals surface area contributed by atoms with Crippen LogP contribution in [0.25, 0.3) is 0 Å². The lowest BCUT2D eigenvalue weighted by molar-refractivity contribution is 0.0739. The van der Waals surface area contributed by atoms with Crippen molar-refractivity contribution in [3.05, 3.63) is 47.9 Å². The van der Waals surface area contributed by atoms with E-state index in [0.717, 1.165) is 13.0 Å². The second-order valence-electron chi connectivity index (χ2n) is 7.14. The molecule has 7 heteroatoms. The Bertz CT molecular complexity index is 757. The molecule has 0 spiro atoms. The van der Waals surface area contributed by atoms with Crippen molar-refractivity contribution in [3.8, 4) is 0 Å². The third-order valence-electron chi connectivity index (χ3n) is 4.67. The molecule has 1 aromatic carbocycles. The first-order chi connectivity index (χ1) is 13.0. The first kappa shape index (κ1) is 19.1. The van der Waals surface area contributed by atoms with Crippen molar-refractivity contribution in [2.75, 3.05) is 42.9 Å². The molecule has 1 aliphatic rings. The van der Waals surface area contributed by atoms with Crippen LogP contribution in [0, 0.1) is 11.7 Å². The average Bonchev–Trinajstić information content (AvgIpc) is 2.68. The number of para-hydroxylation sites is 1. The van der Waals surface area contributed by atoms with Gasteiger partial charge >= 0.3 is 0 Å². The van der Waals surface area contributed by atoms with Gasteiger partial charge in [0.2, 0.25) is 0 Å². The number of rotatable bonds is 6. The van der Waals surface area contributed by atoms with E-state index >= 15 is 0 Å². The molecule has 2 heterocycles. The predicted octanol–water partition coefficient (Wildman–Crippen LogP) is 3.04. The van der Waals surface area contributed by atoms with Crippen molar-refractivity contribution >= 4 is 17.4 Å². The molecule has 1 saturated heterocycles. The molecule has 1 aromatic heterocycles. The molecule has 1 N–H and O–H groups in total. The van der Waals surface area contributed by atoms with Crippen LogP contribution < -0.4 is 10.2 Å². The SMILES string of the molecule is CC(C)CCNc1ccc(C(=O)N2CCN(c3ccccc3F)CC2)nn1. The van der Waals surface area contributed by atoms with Crippen LogP contribution in [0.4, 0.5) is 15.9 Å². The van der Waals surface area contributed by atoms with E-state index in [1.807, 2.05) is 11.0 Å². The fourth-order valence-corrected chi connectivity index (χ4v) is 3.05. The molecule has 0 unspecified atom stereocenters. The number of halogens is 1. The lowest BCUT2D eigenvalue weighted by atomic mass is 10.1. The minimum absolute atomic E-state index is 0.135. The number of benzene rings is 1. The zero-order chi connectivity index (χ0) is 19.2. The minimum atomic E-state index is -0.233. The molecule has 0 saturated carbocycles. The highest BCUT2D eigenvalue weighted by atomic mass is 19.1. The first-order valence-corrected chi connectivity index (χ1v) is 9.41. The number of carbonyl (C=O) groups is 1. The molecule has 0 radical (unpaired) electrons. The first-order valence-electron chi connectivity index (χ1n) is 9.41. The molecule has 0 aliphatic carbocycles. The number of anilines is 2. The van der Waals surface area contributed by atoms with Gasteiger partial charge < -0.3 is 15.1 Å². The molecule has 144 valence electrons. The van der Waals surface area contributed by atoms with Gasteiger partial charge in [0, 0.05) is 32.7 Å². The summed E-state index contributed by atoms with van der Waals surface area (Å²) in [6.45, 7) is 7.41. The van der Waals surface area contributed by atoms with Crippen LogP contribution in [0.15, 0.2) is 36.4 Å². The Morgan fingerprint density at radius 1 is 1.11 bits per heavy atom. The number of amides is 1. The van der Waals surface area contributed by atoms with Crippen LogP contribution in [-0.2, 0) is 0 Å². The Morgan fingerprint density at radius 3 is 2.48 bits per heavy atom. The summed E-state index contributed by atoms with van der Waals surface area (Å²) in [5.74, 6) is 0.930. The van der Waals surface area contributed by atoms with E-state index in [4.69, 9.17) is 0 Å². The summed E-state index contributed by atoms with van der Waals surface area (Å²) < 4.78 is 13.9. The van der Waals surface area contributed by atoms with Gasteiger partial charge in [-0.1, -0.05) is 26.0 Å². The lowest BCUT2D eigenvalue weighted by Gasteiger charge is -2.36. The summed E-state index contributed by atoms with van der Waals surface area (Å²) in [7, 11) is 0. The van der Waals surface area contributed by atoms with Crippen LogP contribution in [0.5, 0.6) is 0 Å². The van der Waals surface area contributed by atoms with E-state index in [-0.39, 0.29) is 11.7 Å². The number of piperazine rings is 1. The zero-order valence-electron chi connectivity index (χ0n) is 15.9. The number of nitrogens with one attached hydrogen (secondary N) is 1. The summed E-state index contributed by atoms with van der Waals surface area (Å²) in [5, 5.41) is 11.4. The average molecular weight is 371 g/mol. The van der Waals surface area contributed by atoms with Crippen molar-refractivity contribution in [3.63, 3.8) is 0 Å². The van der Waals surface area contributed by atoms with E-state index in [1.165, 1.54) is 6.07 Å². The molecular formula is C20H26FN5O. The van der Waals surface area contributed by atoms with Crippen molar-refractivity contribution in [2.45, 2.75) is 20.3 Å². The minimum Gasteiger partial charge on any atom is -0.369 e. The number of nitrogens with zero attached hydrogens (tertiary/aromatic N) is 4. The smallest absolute Gasteiger partial charge is 0.274 e. The van der Waals surface area contributed by atoms with E-state index in [9.17, 15) is 9.18 Å². The Hall–Kier alpha value is -2.70. The summed E-state index contributed by atoms with van der Waals surface area (Å²) in [6.07, 6.45) is 1.05. The van der Waals surface area contributed by atoms with Gasteiger partial charge in [0.05, 0.1) is 5.69 Å². The van der Waals surface area contributed by atoms with Crippen LogP contribution >= 0.6 is 0 Å². The van der Waals surface area contributed by atoms with Crippen molar-refractivity contribution in [1.29, 1.82) is 0 Å². The Labute approximate surface area is 159 Å². The summed E-state index contributed by atoms with van der Waals surface area (Å²) in [6, 6.07) is 10.2. The normalized spacial score (nSPS) is 14.5. The van der Waals surface area contributed by atoms with Crippen LogP contribution in [0.1, 0.15) is 30.8 Å². The molecule has 1 aliphatic heterocycles. The number of hydrogen-bond donors (Lipinski definition) is 1. The fourth-order valence-electron chi connectivity index (χ4n) is 3.05. The van der Waals surface area contributed by atoms with Gasteiger partial charge in [-0.25, -0.2) is 4.39 Å².